The maximum Gasteiger partial charge on any atom is 0.195 e. The van der Waals surface area contributed by atoms with Gasteiger partial charge in [0.2, 0.25) is 0 Å². The van der Waals surface area contributed by atoms with Gasteiger partial charge in [0.25, 0.3) is 0 Å². The van der Waals surface area contributed by atoms with Crippen LogP contribution in [0.25, 0.3) is 59.1 Å². The van der Waals surface area contributed by atoms with Crippen molar-refractivity contribution in [3.8, 4) is 16.3 Å². The number of aromatic nitrogens is 2. The highest BCUT2D eigenvalue weighted by molar-refractivity contribution is 7.20. The molecule has 0 saturated carbocycles. The summed E-state index contributed by atoms with van der Waals surface area (Å²) in [5.74, 6) is 0. The van der Waals surface area contributed by atoms with Crippen molar-refractivity contribution in [1.82, 2.24) is 9.55 Å². The van der Waals surface area contributed by atoms with E-state index in [2.05, 4.69) is 115 Å². The van der Waals surface area contributed by atoms with Gasteiger partial charge in [0.1, 0.15) is 0 Å². The quantitative estimate of drug-likeness (QED) is 0.236. The maximum atomic E-state index is 5.11. The third-order valence-electron chi connectivity index (χ3n) is 7.81. The minimum atomic E-state index is -0.0887. The summed E-state index contributed by atoms with van der Waals surface area (Å²) in [5, 5.41) is 6.21. The monoisotopic (exact) mass is 466 g/mol. The molecule has 3 heteroatoms. The van der Waals surface area contributed by atoms with Crippen LogP contribution in [0.3, 0.4) is 0 Å². The fourth-order valence-corrected chi connectivity index (χ4v) is 7.28. The first-order chi connectivity index (χ1) is 17.1. The number of para-hydroxylation sites is 2. The molecule has 2 heterocycles. The highest BCUT2D eigenvalue weighted by atomic mass is 32.1. The van der Waals surface area contributed by atoms with Crippen molar-refractivity contribution < 1.29 is 0 Å². The van der Waals surface area contributed by atoms with Crippen LogP contribution in [0.4, 0.5) is 0 Å². The van der Waals surface area contributed by atoms with E-state index in [-0.39, 0.29) is 5.41 Å². The van der Waals surface area contributed by atoms with Crippen molar-refractivity contribution in [2.75, 3.05) is 0 Å². The van der Waals surface area contributed by atoms with Crippen molar-refractivity contribution in [3.63, 3.8) is 0 Å². The summed E-state index contributed by atoms with van der Waals surface area (Å²) in [4.78, 5) is 5.11. The largest absolute Gasteiger partial charge is 0.285 e. The van der Waals surface area contributed by atoms with Gasteiger partial charge in [-0.2, -0.15) is 0 Å². The molecule has 2 nitrogen and oxygen atoms in total. The normalized spacial score (nSPS) is 14.2. The Morgan fingerprint density at radius 2 is 1.49 bits per heavy atom. The molecule has 8 rings (SSSR count). The lowest BCUT2D eigenvalue weighted by molar-refractivity contribution is 0.666. The van der Waals surface area contributed by atoms with E-state index in [0.717, 1.165) is 10.6 Å². The second kappa shape index (κ2) is 6.59. The third-order valence-corrected chi connectivity index (χ3v) is 8.83. The van der Waals surface area contributed by atoms with Crippen molar-refractivity contribution in [3.05, 3.63) is 108 Å². The van der Waals surface area contributed by atoms with Gasteiger partial charge < -0.3 is 0 Å². The second-order valence-corrected chi connectivity index (χ2v) is 11.0. The van der Waals surface area contributed by atoms with Crippen LogP contribution in [0.5, 0.6) is 0 Å². The van der Waals surface area contributed by atoms with E-state index in [1.807, 2.05) is 0 Å². The Morgan fingerprint density at radius 3 is 2.40 bits per heavy atom. The van der Waals surface area contributed by atoms with Crippen LogP contribution in [-0.2, 0) is 5.41 Å². The predicted molar refractivity (Wildman–Crippen MR) is 149 cm³/mol. The van der Waals surface area contributed by atoms with Crippen LogP contribution in [0.15, 0.2) is 97.1 Å². The van der Waals surface area contributed by atoms with Crippen molar-refractivity contribution in [1.29, 1.82) is 0 Å². The predicted octanol–water partition coefficient (Wildman–Crippen LogP) is 8.85. The number of hydrogen-bond acceptors (Lipinski definition) is 2. The zero-order valence-electron chi connectivity index (χ0n) is 19.5. The summed E-state index contributed by atoms with van der Waals surface area (Å²) in [6.07, 6.45) is 0. The first-order valence-corrected chi connectivity index (χ1v) is 12.9. The van der Waals surface area contributed by atoms with E-state index in [1.165, 1.54) is 59.5 Å². The molecule has 35 heavy (non-hydrogen) atoms. The molecule has 5 aromatic carbocycles. The van der Waals surface area contributed by atoms with Crippen LogP contribution in [0.1, 0.15) is 25.0 Å². The Morgan fingerprint density at radius 1 is 0.714 bits per heavy atom. The van der Waals surface area contributed by atoms with E-state index in [4.69, 9.17) is 4.98 Å². The molecule has 0 saturated heterocycles. The second-order valence-electron chi connectivity index (χ2n) is 10.0. The SMILES string of the molecule is CC1(C)c2ccccc2-c2ccc3ccc4c5ccccc5n(-c5nc6ccccc6s5)c4c3c21. The van der Waals surface area contributed by atoms with E-state index >= 15 is 0 Å². The first kappa shape index (κ1) is 19.4. The van der Waals surface area contributed by atoms with Crippen molar-refractivity contribution in [2.24, 2.45) is 0 Å². The summed E-state index contributed by atoms with van der Waals surface area (Å²) in [6, 6.07) is 35.3. The van der Waals surface area contributed by atoms with Gasteiger partial charge in [-0.05, 0) is 45.8 Å². The van der Waals surface area contributed by atoms with Crippen LogP contribution in [0, 0.1) is 0 Å². The first-order valence-electron chi connectivity index (χ1n) is 12.1. The summed E-state index contributed by atoms with van der Waals surface area (Å²) < 4.78 is 3.63. The highest BCUT2D eigenvalue weighted by Crippen LogP contribution is 2.53. The molecule has 0 unspecified atom stereocenters. The van der Waals surface area contributed by atoms with Gasteiger partial charge in [-0.25, -0.2) is 4.98 Å². The molecule has 166 valence electrons. The van der Waals surface area contributed by atoms with Gasteiger partial charge in [0.05, 0.1) is 21.3 Å². The number of thiazole rings is 1. The Hall–Kier alpha value is -3.95. The molecule has 1 aliphatic carbocycles. The molecule has 0 aliphatic heterocycles. The number of fused-ring (bicyclic) bond motifs is 10. The molecule has 0 N–H and O–H groups in total. The van der Waals surface area contributed by atoms with Gasteiger partial charge in [0, 0.05) is 21.6 Å². The highest BCUT2D eigenvalue weighted by Gasteiger charge is 2.37. The topological polar surface area (TPSA) is 17.8 Å². The number of nitrogens with zero attached hydrogens (tertiary/aromatic N) is 2. The van der Waals surface area contributed by atoms with E-state index in [1.54, 1.807) is 11.3 Å². The molecule has 0 spiro atoms. The molecular formula is C32H22N2S. The van der Waals surface area contributed by atoms with Gasteiger partial charge in [-0.1, -0.05) is 104 Å². The summed E-state index contributed by atoms with van der Waals surface area (Å²) in [5.41, 5.74) is 8.97. The smallest absolute Gasteiger partial charge is 0.195 e. The summed E-state index contributed by atoms with van der Waals surface area (Å²) in [6.45, 7) is 4.75. The number of hydrogen-bond donors (Lipinski definition) is 0. The molecule has 0 radical (unpaired) electrons. The molecule has 0 bridgehead atoms. The van der Waals surface area contributed by atoms with Crippen LogP contribution < -0.4 is 0 Å². The standard InChI is InChI=1S/C32H22N2S/c1-32(2)24-11-5-3-9-20(24)22-17-15-19-16-18-23-21-10-4-7-13-26(21)34(30(23)28(19)29(22)32)31-33-25-12-6-8-14-27(25)35-31/h3-18H,1-2H3. The average molecular weight is 467 g/mol. The molecule has 0 atom stereocenters. The lowest BCUT2D eigenvalue weighted by atomic mass is 9.80. The lowest BCUT2D eigenvalue weighted by Crippen LogP contribution is -2.15. The van der Waals surface area contributed by atoms with Gasteiger partial charge in [-0.3, -0.25) is 4.57 Å². The zero-order valence-corrected chi connectivity index (χ0v) is 20.4. The minimum Gasteiger partial charge on any atom is -0.285 e. The fourth-order valence-electron chi connectivity index (χ4n) is 6.29. The number of rotatable bonds is 1. The van der Waals surface area contributed by atoms with Crippen LogP contribution in [-0.4, -0.2) is 9.55 Å². The minimum absolute atomic E-state index is 0.0887. The lowest BCUT2D eigenvalue weighted by Gasteiger charge is -2.24. The number of benzene rings is 5. The van der Waals surface area contributed by atoms with Crippen molar-refractivity contribution in [2.45, 2.75) is 19.3 Å². The Kier molecular flexibility index (Phi) is 3.64. The van der Waals surface area contributed by atoms with E-state index in [0.29, 0.717) is 0 Å². The van der Waals surface area contributed by atoms with Gasteiger partial charge >= 0.3 is 0 Å². The Bertz CT molecular complexity index is 1950. The summed E-state index contributed by atoms with van der Waals surface area (Å²) >= 11 is 1.77. The molecule has 2 aromatic heterocycles. The van der Waals surface area contributed by atoms with Crippen LogP contribution >= 0.6 is 11.3 Å². The Balaban J connectivity index is 1.62. The van der Waals surface area contributed by atoms with Gasteiger partial charge in [-0.15, -0.1) is 0 Å². The molecule has 7 aromatic rings. The Labute approximate surface area is 207 Å². The molecular weight excluding hydrogens is 444 g/mol. The zero-order chi connectivity index (χ0) is 23.3. The van der Waals surface area contributed by atoms with E-state index < -0.39 is 0 Å². The average Bonchev–Trinajstić information content (AvgIpc) is 3.53. The summed E-state index contributed by atoms with van der Waals surface area (Å²) in [7, 11) is 0. The third kappa shape index (κ3) is 2.41. The fraction of sp³-hybridized carbons (Fsp3) is 0.0938. The van der Waals surface area contributed by atoms with Crippen molar-refractivity contribution >= 4 is 54.1 Å². The molecule has 0 amide bonds. The van der Waals surface area contributed by atoms with Gasteiger partial charge in [0.15, 0.2) is 5.13 Å². The van der Waals surface area contributed by atoms with Crippen LogP contribution in [0.2, 0.25) is 0 Å². The maximum absolute atomic E-state index is 5.11. The molecule has 0 fully saturated rings. The molecule has 1 aliphatic rings. The van der Waals surface area contributed by atoms with E-state index in [9.17, 15) is 0 Å².